The maximum Gasteiger partial charge on any atom is 0.335 e. The Morgan fingerprint density at radius 2 is 1.78 bits per heavy atom. The standard InChI is InChI=1S/C16H19N3O4/c1-9-10(2)18(3)16(23)19(14(9)20)12-6-4-11(5-7-12)8-13(17)15(21)22/h4-7,13H,8,17H2,1-3H3,(H,21,22). The Morgan fingerprint density at radius 1 is 1.22 bits per heavy atom. The highest BCUT2D eigenvalue weighted by Crippen LogP contribution is 2.09. The number of hydrogen-bond donors (Lipinski definition) is 2. The van der Waals surface area contributed by atoms with Crippen molar-refractivity contribution < 1.29 is 9.90 Å². The van der Waals surface area contributed by atoms with Gasteiger partial charge in [0.1, 0.15) is 6.04 Å². The topological polar surface area (TPSA) is 107 Å². The molecule has 3 N–H and O–H groups in total. The van der Waals surface area contributed by atoms with E-state index >= 15 is 0 Å². The number of nitrogens with zero attached hydrogens (tertiary/aromatic N) is 2. The van der Waals surface area contributed by atoms with Crippen molar-refractivity contribution in [2.24, 2.45) is 12.8 Å². The fourth-order valence-corrected chi connectivity index (χ4v) is 2.30. The second kappa shape index (κ2) is 6.21. The van der Waals surface area contributed by atoms with Crippen molar-refractivity contribution in [3.8, 4) is 5.69 Å². The van der Waals surface area contributed by atoms with Crippen LogP contribution in [0, 0.1) is 13.8 Å². The quantitative estimate of drug-likeness (QED) is 0.832. The van der Waals surface area contributed by atoms with Gasteiger partial charge in [-0.25, -0.2) is 9.36 Å². The first kappa shape index (κ1) is 16.7. The molecule has 0 amide bonds. The highest BCUT2D eigenvalue weighted by molar-refractivity contribution is 5.73. The smallest absolute Gasteiger partial charge is 0.335 e. The van der Waals surface area contributed by atoms with Crippen molar-refractivity contribution in [2.45, 2.75) is 26.3 Å². The zero-order chi connectivity index (χ0) is 17.3. The van der Waals surface area contributed by atoms with E-state index in [1.807, 2.05) is 0 Å². The molecule has 0 bridgehead atoms. The Morgan fingerprint density at radius 3 is 2.30 bits per heavy atom. The van der Waals surface area contributed by atoms with Crippen LogP contribution in [-0.2, 0) is 18.3 Å². The third-order valence-electron chi connectivity index (χ3n) is 4.02. The average molecular weight is 317 g/mol. The van der Waals surface area contributed by atoms with E-state index in [4.69, 9.17) is 10.8 Å². The zero-order valence-electron chi connectivity index (χ0n) is 13.2. The summed E-state index contributed by atoms with van der Waals surface area (Å²) in [5.41, 5.74) is 7.00. The van der Waals surface area contributed by atoms with Gasteiger partial charge in [-0.3, -0.25) is 9.59 Å². The van der Waals surface area contributed by atoms with Crippen molar-refractivity contribution in [3.05, 3.63) is 61.9 Å². The molecule has 2 rings (SSSR count). The Bertz CT molecular complexity index is 825. The van der Waals surface area contributed by atoms with Crippen molar-refractivity contribution in [1.82, 2.24) is 9.13 Å². The number of aliphatic carboxylic acids is 1. The van der Waals surface area contributed by atoms with Crippen LogP contribution in [0.2, 0.25) is 0 Å². The van der Waals surface area contributed by atoms with Crippen LogP contribution in [0.15, 0.2) is 33.9 Å². The maximum atomic E-state index is 12.4. The highest BCUT2D eigenvalue weighted by atomic mass is 16.4. The Kier molecular flexibility index (Phi) is 4.51. The van der Waals surface area contributed by atoms with Crippen LogP contribution in [0.4, 0.5) is 0 Å². The normalized spacial score (nSPS) is 12.2. The number of carboxylic acids is 1. The molecule has 0 aliphatic heterocycles. The molecule has 2 aromatic rings. The lowest BCUT2D eigenvalue weighted by molar-refractivity contribution is -0.138. The molecule has 1 aromatic heterocycles. The molecule has 0 radical (unpaired) electrons. The predicted molar refractivity (Wildman–Crippen MR) is 86.1 cm³/mol. The monoisotopic (exact) mass is 317 g/mol. The third-order valence-corrected chi connectivity index (χ3v) is 4.02. The summed E-state index contributed by atoms with van der Waals surface area (Å²) in [5.74, 6) is -1.08. The lowest BCUT2D eigenvalue weighted by Gasteiger charge is -2.13. The van der Waals surface area contributed by atoms with E-state index < -0.39 is 17.7 Å². The van der Waals surface area contributed by atoms with Crippen molar-refractivity contribution in [2.75, 3.05) is 0 Å². The van der Waals surface area contributed by atoms with Crippen LogP contribution >= 0.6 is 0 Å². The number of nitrogens with two attached hydrogens (primary N) is 1. The van der Waals surface area contributed by atoms with E-state index in [9.17, 15) is 14.4 Å². The third kappa shape index (κ3) is 3.09. The summed E-state index contributed by atoms with van der Waals surface area (Å²) >= 11 is 0. The Hall–Kier alpha value is -2.67. The van der Waals surface area contributed by atoms with Gasteiger partial charge in [0.05, 0.1) is 5.69 Å². The molecule has 1 atom stereocenters. The molecule has 7 heteroatoms. The molecule has 0 saturated carbocycles. The van der Waals surface area contributed by atoms with Gasteiger partial charge >= 0.3 is 11.7 Å². The molecule has 122 valence electrons. The largest absolute Gasteiger partial charge is 0.480 e. The van der Waals surface area contributed by atoms with E-state index in [-0.39, 0.29) is 12.0 Å². The van der Waals surface area contributed by atoms with Gasteiger partial charge in [0.25, 0.3) is 5.56 Å². The van der Waals surface area contributed by atoms with E-state index in [2.05, 4.69) is 0 Å². The molecule has 1 heterocycles. The summed E-state index contributed by atoms with van der Waals surface area (Å²) in [6.45, 7) is 3.40. The van der Waals surface area contributed by atoms with Crippen molar-refractivity contribution >= 4 is 5.97 Å². The number of benzene rings is 1. The average Bonchev–Trinajstić information content (AvgIpc) is 2.52. The van der Waals surface area contributed by atoms with Crippen LogP contribution in [-0.4, -0.2) is 26.3 Å². The molecular weight excluding hydrogens is 298 g/mol. The second-order valence-corrected chi connectivity index (χ2v) is 5.51. The number of hydrogen-bond acceptors (Lipinski definition) is 4. The maximum absolute atomic E-state index is 12.4. The van der Waals surface area contributed by atoms with Gasteiger partial charge in [-0.1, -0.05) is 12.1 Å². The molecule has 0 fully saturated rings. The minimum absolute atomic E-state index is 0.176. The van der Waals surface area contributed by atoms with Gasteiger partial charge in [-0.15, -0.1) is 0 Å². The number of rotatable bonds is 4. The van der Waals surface area contributed by atoms with Crippen LogP contribution in [0.25, 0.3) is 5.69 Å². The number of carboxylic acid groups (broad SMARTS) is 1. The van der Waals surface area contributed by atoms with Crippen LogP contribution in [0.5, 0.6) is 0 Å². The minimum Gasteiger partial charge on any atom is -0.480 e. The summed E-state index contributed by atoms with van der Waals surface area (Å²) < 4.78 is 2.52. The number of carbonyl (C=O) groups is 1. The molecule has 0 spiro atoms. The highest BCUT2D eigenvalue weighted by Gasteiger charge is 2.14. The molecular formula is C16H19N3O4. The first-order valence-corrected chi connectivity index (χ1v) is 7.11. The van der Waals surface area contributed by atoms with E-state index in [0.717, 1.165) is 10.1 Å². The van der Waals surface area contributed by atoms with Gasteiger partial charge in [-0.2, -0.15) is 0 Å². The molecule has 1 aromatic carbocycles. The first-order chi connectivity index (χ1) is 10.7. The lowest BCUT2D eigenvalue weighted by Crippen LogP contribution is -2.40. The molecule has 0 aliphatic carbocycles. The van der Waals surface area contributed by atoms with Crippen molar-refractivity contribution in [3.63, 3.8) is 0 Å². The SMILES string of the molecule is Cc1c(C)n(C)c(=O)n(-c2ccc(CC(N)C(=O)O)cc2)c1=O. The van der Waals surface area contributed by atoms with E-state index in [0.29, 0.717) is 16.9 Å². The van der Waals surface area contributed by atoms with Crippen LogP contribution in [0.3, 0.4) is 0 Å². The second-order valence-electron chi connectivity index (χ2n) is 5.51. The lowest BCUT2D eigenvalue weighted by atomic mass is 10.1. The van der Waals surface area contributed by atoms with E-state index in [1.165, 1.54) is 4.57 Å². The molecule has 0 aliphatic rings. The zero-order valence-corrected chi connectivity index (χ0v) is 13.2. The van der Waals surface area contributed by atoms with Gasteiger partial charge < -0.3 is 15.4 Å². The summed E-state index contributed by atoms with van der Waals surface area (Å²) in [6, 6.07) is 5.57. The van der Waals surface area contributed by atoms with E-state index in [1.54, 1.807) is 45.2 Å². The molecule has 23 heavy (non-hydrogen) atoms. The summed E-state index contributed by atoms with van der Waals surface area (Å²) in [4.78, 5) is 35.5. The van der Waals surface area contributed by atoms with Gasteiger partial charge in [-0.05, 0) is 38.0 Å². The fourth-order valence-electron chi connectivity index (χ4n) is 2.30. The van der Waals surface area contributed by atoms with Gasteiger partial charge in [0, 0.05) is 18.3 Å². The minimum atomic E-state index is -1.08. The van der Waals surface area contributed by atoms with Crippen LogP contribution in [0.1, 0.15) is 16.8 Å². The van der Waals surface area contributed by atoms with Gasteiger partial charge in [0.15, 0.2) is 0 Å². The molecule has 0 saturated heterocycles. The molecule has 1 unspecified atom stereocenters. The summed E-state index contributed by atoms with van der Waals surface area (Å²) in [6.07, 6.45) is 0.176. The molecule has 7 nitrogen and oxygen atoms in total. The van der Waals surface area contributed by atoms with Gasteiger partial charge in [0.2, 0.25) is 0 Å². The van der Waals surface area contributed by atoms with Crippen molar-refractivity contribution in [1.29, 1.82) is 0 Å². The predicted octanol–water partition coefficient (Wildman–Crippen LogP) is 0.107. The Balaban J connectivity index is 2.47. The summed E-state index contributed by atoms with van der Waals surface area (Å²) in [5, 5.41) is 8.82. The summed E-state index contributed by atoms with van der Waals surface area (Å²) in [7, 11) is 1.61. The Labute approximate surface area is 132 Å². The van der Waals surface area contributed by atoms with Crippen LogP contribution < -0.4 is 17.0 Å². The fraction of sp³-hybridized carbons (Fsp3) is 0.312. The first-order valence-electron chi connectivity index (χ1n) is 7.11. The number of aromatic nitrogens is 2.